The highest BCUT2D eigenvalue weighted by atomic mass is 19.1. The number of hydrogen-bond acceptors (Lipinski definition) is 7. The summed E-state index contributed by atoms with van der Waals surface area (Å²) in [6.07, 6.45) is 3.87. The number of carbonyl (C=O) groups excluding carboxylic acids is 4. The largest absolute Gasteiger partial charge is 0.427 e. The second-order valence-electron chi connectivity index (χ2n) is 12.7. The Morgan fingerprint density at radius 3 is 2.28 bits per heavy atom. The Hall–Kier alpha value is -3.79. The number of carbonyl (C=O) groups is 4. The van der Waals surface area contributed by atoms with Crippen LogP contribution in [0.4, 0.5) is 10.1 Å². The average molecular weight is 596 g/mol. The smallest absolute Gasteiger partial charge is 0.344 e. The van der Waals surface area contributed by atoms with Gasteiger partial charge in [-0.1, -0.05) is 30.3 Å². The SMILES string of the molecule is CC(N)C1CCC(C(=O)N2CC[C@@H](c3ccccc3)[C@H]2C(=O)Nc2ccc(C(=O)OCOC(=O)C(C)(C)C)c(F)c2)CC1. The normalized spacial score (nSPS) is 22.9. The van der Waals surface area contributed by atoms with Gasteiger partial charge in [-0.05, 0) is 89.5 Å². The minimum atomic E-state index is -1.01. The van der Waals surface area contributed by atoms with Crippen molar-refractivity contribution < 1.29 is 33.0 Å². The molecule has 0 bridgehead atoms. The first-order chi connectivity index (χ1) is 20.4. The van der Waals surface area contributed by atoms with E-state index in [0.29, 0.717) is 18.9 Å². The van der Waals surface area contributed by atoms with Gasteiger partial charge in [-0.25, -0.2) is 9.18 Å². The molecule has 9 nitrogen and oxygen atoms in total. The fourth-order valence-corrected chi connectivity index (χ4v) is 5.94. The van der Waals surface area contributed by atoms with Gasteiger partial charge in [-0.3, -0.25) is 14.4 Å². The van der Waals surface area contributed by atoms with Crippen molar-refractivity contribution in [1.82, 2.24) is 4.90 Å². The maximum atomic E-state index is 14.9. The van der Waals surface area contributed by atoms with Gasteiger partial charge in [0.25, 0.3) is 0 Å². The number of benzene rings is 2. The summed E-state index contributed by atoms with van der Waals surface area (Å²) in [5.41, 5.74) is 6.04. The molecule has 2 aliphatic rings. The summed E-state index contributed by atoms with van der Waals surface area (Å²) in [6, 6.07) is 12.5. The Labute approximate surface area is 252 Å². The van der Waals surface area contributed by atoms with Crippen molar-refractivity contribution in [3.8, 4) is 0 Å². The van der Waals surface area contributed by atoms with Gasteiger partial charge in [0.1, 0.15) is 11.9 Å². The Bertz CT molecular complexity index is 1320. The lowest BCUT2D eigenvalue weighted by Crippen LogP contribution is -2.48. The van der Waals surface area contributed by atoms with Gasteiger partial charge in [0.15, 0.2) is 0 Å². The van der Waals surface area contributed by atoms with E-state index in [0.717, 1.165) is 37.3 Å². The lowest BCUT2D eigenvalue weighted by molar-refractivity contribution is -0.161. The number of ether oxygens (including phenoxy) is 2. The van der Waals surface area contributed by atoms with Crippen molar-refractivity contribution in [3.05, 3.63) is 65.5 Å². The Balaban J connectivity index is 1.46. The summed E-state index contributed by atoms with van der Waals surface area (Å²) in [5, 5.41) is 2.76. The molecule has 1 saturated carbocycles. The molecule has 2 amide bonds. The van der Waals surface area contributed by atoms with Crippen molar-refractivity contribution in [2.24, 2.45) is 23.0 Å². The molecule has 3 atom stereocenters. The molecule has 43 heavy (non-hydrogen) atoms. The van der Waals surface area contributed by atoms with E-state index in [4.69, 9.17) is 15.2 Å². The van der Waals surface area contributed by atoms with Crippen LogP contribution in [0.1, 0.15) is 81.6 Å². The molecular formula is C33H42FN3O6. The molecule has 10 heteroatoms. The van der Waals surface area contributed by atoms with Gasteiger partial charge >= 0.3 is 11.9 Å². The number of rotatable bonds is 8. The van der Waals surface area contributed by atoms with E-state index in [1.165, 1.54) is 12.1 Å². The number of esters is 2. The first kappa shape index (κ1) is 32.1. The number of likely N-dealkylation sites (tertiary alicyclic amines) is 1. The molecule has 3 N–H and O–H groups in total. The third-order valence-corrected chi connectivity index (χ3v) is 8.49. The number of hydrogen-bond donors (Lipinski definition) is 2. The second-order valence-corrected chi connectivity index (χ2v) is 12.7. The van der Waals surface area contributed by atoms with Gasteiger partial charge in [0, 0.05) is 30.1 Å². The fourth-order valence-electron chi connectivity index (χ4n) is 5.94. The first-order valence-corrected chi connectivity index (χ1v) is 14.9. The molecule has 1 unspecified atom stereocenters. The van der Waals surface area contributed by atoms with Gasteiger partial charge in [-0.2, -0.15) is 0 Å². The zero-order valence-corrected chi connectivity index (χ0v) is 25.3. The maximum Gasteiger partial charge on any atom is 0.344 e. The van der Waals surface area contributed by atoms with Crippen LogP contribution >= 0.6 is 0 Å². The van der Waals surface area contributed by atoms with Crippen LogP contribution in [-0.4, -0.2) is 54.1 Å². The molecule has 1 aliphatic heterocycles. The van der Waals surface area contributed by atoms with Crippen molar-refractivity contribution in [3.63, 3.8) is 0 Å². The van der Waals surface area contributed by atoms with Gasteiger partial charge in [-0.15, -0.1) is 0 Å². The van der Waals surface area contributed by atoms with Crippen LogP contribution in [0, 0.1) is 23.1 Å². The fraction of sp³-hybridized carbons (Fsp3) is 0.515. The van der Waals surface area contributed by atoms with E-state index >= 15 is 0 Å². The zero-order valence-electron chi connectivity index (χ0n) is 25.3. The van der Waals surface area contributed by atoms with Crippen LogP contribution in [0.5, 0.6) is 0 Å². The van der Waals surface area contributed by atoms with Crippen LogP contribution in [0.2, 0.25) is 0 Å². The summed E-state index contributed by atoms with van der Waals surface area (Å²) >= 11 is 0. The molecule has 0 spiro atoms. The molecule has 1 saturated heterocycles. The average Bonchev–Trinajstić information content (AvgIpc) is 3.42. The maximum absolute atomic E-state index is 14.9. The highest BCUT2D eigenvalue weighted by Gasteiger charge is 2.44. The molecule has 1 aliphatic carbocycles. The highest BCUT2D eigenvalue weighted by molar-refractivity contribution is 5.99. The van der Waals surface area contributed by atoms with Crippen LogP contribution in [0.3, 0.4) is 0 Å². The van der Waals surface area contributed by atoms with Gasteiger partial charge in [0.2, 0.25) is 18.6 Å². The van der Waals surface area contributed by atoms with E-state index in [2.05, 4.69) is 5.32 Å². The van der Waals surface area contributed by atoms with Crippen molar-refractivity contribution in [2.45, 2.75) is 77.8 Å². The van der Waals surface area contributed by atoms with Gasteiger partial charge in [0.05, 0.1) is 11.0 Å². The standard InChI is InChI=1S/C33H42FN3O6/c1-20(35)21-10-12-23(13-11-21)30(39)37-17-16-25(22-8-6-5-7-9-22)28(37)29(38)36-24-14-15-26(27(34)18-24)31(40)42-19-43-32(41)33(2,3)4/h5-9,14-15,18,20-21,23,25,28H,10-13,16-17,19,35H2,1-4H3,(H,36,38)/t20?,21?,23?,25-,28-/m0/s1. The third kappa shape index (κ3) is 7.79. The summed E-state index contributed by atoms with van der Waals surface area (Å²) < 4.78 is 24.8. The van der Waals surface area contributed by atoms with Crippen LogP contribution < -0.4 is 11.1 Å². The molecule has 0 radical (unpaired) electrons. The molecule has 2 fully saturated rings. The Kier molecular flexibility index (Phi) is 10.2. The van der Waals surface area contributed by atoms with E-state index < -0.39 is 41.9 Å². The molecule has 2 aromatic carbocycles. The van der Waals surface area contributed by atoms with Crippen molar-refractivity contribution in [2.75, 3.05) is 18.7 Å². The molecule has 232 valence electrons. The minimum Gasteiger partial charge on any atom is -0.427 e. The lowest BCUT2D eigenvalue weighted by Gasteiger charge is -2.34. The van der Waals surface area contributed by atoms with Crippen LogP contribution in [0.15, 0.2) is 48.5 Å². The lowest BCUT2D eigenvalue weighted by atomic mass is 9.78. The van der Waals surface area contributed by atoms with Crippen LogP contribution in [-0.2, 0) is 23.9 Å². The van der Waals surface area contributed by atoms with E-state index in [9.17, 15) is 23.6 Å². The number of nitrogens with two attached hydrogens (primary N) is 1. The Morgan fingerprint density at radius 2 is 1.67 bits per heavy atom. The predicted molar refractivity (Wildman–Crippen MR) is 159 cm³/mol. The zero-order chi connectivity index (χ0) is 31.3. The predicted octanol–water partition coefficient (Wildman–Crippen LogP) is 5.01. The number of amides is 2. The molecule has 1 heterocycles. The minimum absolute atomic E-state index is 0.0295. The van der Waals surface area contributed by atoms with E-state index in [1.807, 2.05) is 37.3 Å². The van der Waals surface area contributed by atoms with E-state index in [1.54, 1.807) is 25.7 Å². The number of anilines is 1. The monoisotopic (exact) mass is 595 g/mol. The van der Waals surface area contributed by atoms with Crippen molar-refractivity contribution >= 4 is 29.4 Å². The molecule has 2 aromatic rings. The highest BCUT2D eigenvalue weighted by Crippen LogP contribution is 2.38. The molecular weight excluding hydrogens is 553 g/mol. The molecule has 4 rings (SSSR count). The Morgan fingerprint density at radius 1 is 1.00 bits per heavy atom. The van der Waals surface area contributed by atoms with E-state index in [-0.39, 0.29) is 35.0 Å². The molecule has 0 aromatic heterocycles. The van der Waals surface area contributed by atoms with Crippen LogP contribution in [0.25, 0.3) is 0 Å². The quantitative estimate of drug-likeness (QED) is 0.325. The second kappa shape index (κ2) is 13.7. The van der Waals surface area contributed by atoms with Crippen molar-refractivity contribution in [1.29, 1.82) is 0 Å². The number of nitrogens with one attached hydrogen (secondary N) is 1. The summed E-state index contributed by atoms with van der Waals surface area (Å²) in [6.45, 7) is 6.76. The summed E-state index contributed by atoms with van der Waals surface area (Å²) in [5.74, 6) is -2.92. The van der Waals surface area contributed by atoms with Gasteiger partial charge < -0.3 is 25.4 Å². The number of halogens is 1. The summed E-state index contributed by atoms with van der Waals surface area (Å²) in [4.78, 5) is 53.4. The number of nitrogens with zero attached hydrogens (tertiary/aromatic N) is 1. The summed E-state index contributed by atoms with van der Waals surface area (Å²) in [7, 11) is 0. The first-order valence-electron chi connectivity index (χ1n) is 14.9. The third-order valence-electron chi connectivity index (χ3n) is 8.49. The topological polar surface area (TPSA) is 128 Å².